The van der Waals surface area contributed by atoms with Crippen LogP contribution >= 0.6 is 0 Å². The Bertz CT molecular complexity index is 435. The highest BCUT2D eigenvalue weighted by Crippen LogP contribution is 2.35. The van der Waals surface area contributed by atoms with Crippen molar-refractivity contribution in [2.24, 2.45) is 0 Å². The Morgan fingerprint density at radius 2 is 1.88 bits per heavy atom. The maximum Gasteiger partial charge on any atom is 0.119 e. The molecule has 0 radical (unpaired) electrons. The third-order valence-electron chi connectivity index (χ3n) is 3.47. The first-order chi connectivity index (χ1) is 7.98. The summed E-state index contributed by atoms with van der Waals surface area (Å²) in [6.45, 7) is 6.42. The van der Waals surface area contributed by atoms with Gasteiger partial charge in [0.05, 0.1) is 0 Å². The summed E-state index contributed by atoms with van der Waals surface area (Å²) < 4.78 is 0. The van der Waals surface area contributed by atoms with Gasteiger partial charge in [0.1, 0.15) is 5.75 Å². The molecule has 0 saturated heterocycles. The summed E-state index contributed by atoms with van der Waals surface area (Å²) in [5, 5.41) is 9.95. The van der Waals surface area contributed by atoms with Crippen molar-refractivity contribution in [1.29, 1.82) is 0 Å². The lowest BCUT2D eigenvalue weighted by Crippen LogP contribution is -2.11. The monoisotopic (exact) mass is 230 g/mol. The van der Waals surface area contributed by atoms with Crippen molar-refractivity contribution in [3.8, 4) is 5.75 Å². The zero-order valence-electron chi connectivity index (χ0n) is 11.1. The Balaban J connectivity index is 2.40. The molecule has 17 heavy (non-hydrogen) atoms. The van der Waals surface area contributed by atoms with Crippen LogP contribution in [-0.4, -0.2) is 5.11 Å². The second-order valence-corrected chi connectivity index (χ2v) is 5.96. The molecule has 0 spiro atoms. The van der Waals surface area contributed by atoms with Crippen molar-refractivity contribution in [3.63, 3.8) is 0 Å². The minimum atomic E-state index is -0.00464. The van der Waals surface area contributed by atoms with Gasteiger partial charge in [0.25, 0.3) is 0 Å². The number of aromatic hydroxyl groups is 1. The van der Waals surface area contributed by atoms with E-state index in [0.29, 0.717) is 5.75 Å². The number of hydrogen-bond acceptors (Lipinski definition) is 1. The fraction of sp³-hybridized carbons (Fsp3) is 0.500. The van der Waals surface area contributed by atoms with E-state index in [-0.39, 0.29) is 5.41 Å². The second-order valence-electron chi connectivity index (χ2n) is 5.96. The van der Waals surface area contributed by atoms with Crippen molar-refractivity contribution >= 4 is 5.57 Å². The fourth-order valence-corrected chi connectivity index (χ4v) is 2.44. The molecule has 1 nitrogen and oxygen atoms in total. The van der Waals surface area contributed by atoms with Crippen molar-refractivity contribution in [2.45, 2.75) is 51.9 Å². The molecular weight excluding hydrogens is 208 g/mol. The molecule has 1 aliphatic rings. The molecule has 0 aliphatic heterocycles. The zero-order chi connectivity index (χ0) is 12.5. The predicted molar refractivity (Wildman–Crippen MR) is 73.3 cm³/mol. The third-order valence-corrected chi connectivity index (χ3v) is 3.47. The van der Waals surface area contributed by atoms with Crippen molar-refractivity contribution in [1.82, 2.24) is 0 Å². The molecule has 1 aromatic carbocycles. The maximum atomic E-state index is 9.95. The number of rotatable bonds is 1. The smallest absolute Gasteiger partial charge is 0.119 e. The first-order valence-electron chi connectivity index (χ1n) is 6.51. The van der Waals surface area contributed by atoms with Gasteiger partial charge in [-0.2, -0.15) is 0 Å². The minimum Gasteiger partial charge on any atom is -0.508 e. The van der Waals surface area contributed by atoms with Crippen LogP contribution in [0.5, 0.6) is 5.75 Å². The number of benzene rings is 1. The molecule has 0 saturated carbocycles. The number of phenolic OH excluding ortho intramolecular Hbond substituents is 1. The molecule has 0 atom stereocenters. The Morgan fingerprint density at radius 1 is 1.12 bits per heavy atom. The summed E-state index contributed by atoms with van der Waals surface area (Å²) >= 11 is 0. The molecule has 0 bridgehead atoms. The molecule has 0 aromatic heterocycles. The average molecular weight is 230 g/mol. The van der Waals surface area contributed by atoms with Gasteiger partial charge in [-0.1, -0.05) is 32.9 Å². The second kappa shape index (κ2) is 4.56. The first-order valence-corrected chi connectivity index (χ1v) is 6.51. The Morgan fingerprint density at radius 3 is 2.47 bits per heavy atom. The normalized spacial score (nSPS) is 16.8. The molecule has 92 valence electrons. The predicted octanol–water partition coefficient (Wildman–Crippen LogP) is 4.65. The van der Waals surface area contributed by atoms with Crippen molar-refractivity contribution in [3.05, 3.63) is 35.4 Å². The molecule has 1 heteroatoms. The average Bonchev–Trinajstić information content (AvgIpc) is 2.29. The molecular formula is C16H22O. The Hall–Kier alpha value is -1.24. The van der Waals surface area contributed by atoms with E-state index in [1.165, 1.54) is 36.8 Å². The van der Waals surface area contributed by atoms with Crippen molar-refractivity contribution < 1.29 is 5.11 Å². The molecule has 2 rings (SSSR count). The topological polar surface area (TPSA) is 20.2 Å². The lowest BCUT2D eigenvalue weighted by atomic mass is 9.83. The highest BCUT2D eigenvalue weighted by atomic mass is 16.3. The van der Waals surface area contributed by atoms with E-state index in [1.807, 2.05) is 12.1 Å². The van der Waals surface area contributed by atoms with Crippen LogP contribution in [-0.2, 0) is 5.41 Å². The van der Waals surface area contributed by atoms with Crippen LogP contribution in [0.15, 0.2) is 24.3 Å². The van der Waals surface area contributed by atoms with E-state index in [2.05, 4.69) is 32.9 Å². The molecule has 1 aromatic rings. The van der Waals surface area contributed by atoms with E-state index in [9.17, 15) is 5.11 Å². The quantitative estimate of drug-likeness (QED) is 0.744. The van der Waals surface area contributed by atoms with Crippen LogP contribution in [0.2, 0.25) is 0 Å². The summed E-state index contributed by atoms with van der Waals surface area (Å²) in [5.74, 6) is 0.414. The van der Waals surface area contributed by atoms with Crippen LogP contribution in [0.1, 0.15) is 57.6 Å². The van der Waals surface area contributed by atoms with Gasteiger partial charge in [-0.05, 0) is 59.9 Å². The van der Waals surface area contributed by atoms with E-state index in [1.54, 1.807) is 0 Å². The summed E-state index contributed by atoms with van der Waals surface area (Å²) in [6.07, 6.45) is 7.32. The molecule has 0 amide bonds. The number of allylic oxidation sites excluding steroid dienone is 2. The van der Waals surface area contributed by atoms with Gasteiger partial charge in [0.15, 0.2) is 0 Å². The van der Waals surface area contributed by atoms with E-state index < -0.39 is 0 Å². The van der Waals surface area contributed by atoms with Crippen LogP contribution in [0.25, 0.3) is 5.57 Å². The Labute approximate surface area is 104 Å². The first kappa shape index (κ1) is 12.2. The van der Waals surface area contributed by atoms with Gasteiger partial charge >= 0.3 is 0 Å². The van der Waals surface area contributed by atoms with Crippen LogP contribution in [0.3, 0.4) is 0 Å². The van der Waals surface area contributed by atoms with Gasteiger partial charge in [-0.15, -0.1) is 0 Å². The van der Waals surface area contributed by atoms with Gasteiger partial charge in [0.2, 0.25) is 0 Å². The summed E-state index contributed by atoms with van der Waals surface area (Å²) in [7, 11) is 0. The van der Waals surface area contributed by atoms with Crippen molar-refractivity contribution in [2.75, 3.05) is 0 Å². The van der Waals surface area contributed by atoms with E-state index in [4.69, 9.17) is 0 Å². The number of phenols is 1. The summed E-state index contributed by atoms with van der Waals surface area (Å²) in [5.41, 5.74) is 3.77. The molecule has 0 fully saturated rings. The van der Waals surface area contributed by atoms with Gasteiger partial charge < -0.3 is 5.11 Å². The van der Waals surface area contributed by atoms with E-state index >= 15 is 0 Å². The third kappa shape index (κ3) is 2.71. The van der Waals surface area contributed by atoms with Crippen LogP contribution in [0, 0.1) is 0 Å². The van der Waals surface area contributed by atoms with Gasteiger partial charge in [-0.25, -0.2) is 0 Å². The lowest BCUT2D eigenvalue weighted by molar-refractivity contribution is 0.446. The standard InChI is InChI=1S/C16H22O/c1-16(2,3)14-11-13(9-10-15(14)17)12-7-5-4-6-8-12/h7,9-11,17H,4-6,8H2,1-3H3. The molecule has 0 heterocycles. The van der Waals surface area contributed by atoms with Crippen LogP contribution in [0.4, 0.5) is 0 Å². The largest absolute Gasteiger partial charge is 0.508 e. The SMILES string of the molecule is CC(C)(C)c1cc(C2=CCCCC2)ccc1O. The Kier molecular flexibility index (Phi) is 3.28. The van der Waals surface area contributed by atoms with Crippen LogP contribution < -0.4 is 0 Å². The minimum absolute atomic E-state index is 0.00464. The number of hydrogen-bond donors (Lipinski definition) is 1. The molecule has 1 aliphatic carbocycles. The zero-order valence-corrected chi connectivity index (χ0v) is 11.1. The maximum absolute atomic E-state index is 9.95. The lowest BCUT2D eigenvalue weighted by Gasteiger charge is -2.22. The van der Waals surface area contributed by atoms with Gasteiger partial charge in [0, 0.05) is 0 Å². The van der Waals surface area contributed by atoms with Gasteiger partial charge in [-0.3, -0.25) is 0 Å². The highest BCUT2D eigenvalue weighted by molar-refractivity contribution is 5.68. The van der Waals surface area contributed by atoms with E-state index in [0.717, 1.165) is 5.56 Å². The summed E-state index contributed by atoms with van der Waals surface area (Å²) in [6, 6.07) is 6.04. The molecule has 0 unspecified atom stereocenters. The fourth-order valence-electron chi connectivity index (χ4n) is 2.44. The highest BCUT2D eigenvalue weighted by Gasteiger charge is 2.19. The summed E-state index contributed by atoms with van der Waals surface area (Å²) in [4.78, 5) is 0. The molecule has 1 N–H and O–H groups in total.